The third-order valence-electron chi connectivity index (χ3n) is 3.68. The zero-order chi connectivity index (χ0) is 19.2. The van der Waals surface area contributed by atoms with Crippen LogP contribution in [-0.2, 0) is 0 Å². The van der Waals surface area contributed by atoms with E-state index in [0.29, 0.717) is 11.1 Å². The second kappa shape index (κ2) is 7.68. The number of aromatic nitrogens is 2. The molecule has 2 amide bonds. The SMILES string of the molecule is N#Cc1ccc(C(=O)N(C(=O)c2ccc(C#N)cc2)c2ncccn2)cc1. The molecule has 0 atom stereocenters. The number of nitrogens with zero attached hydrogens (tertiary/aromatic N) is 5. The Labute approximate surface area is 154 Å². The van der Waals surface area contributed by atoms with Gasteiger partial charge in [0.1, 0.15) is 0 Å². The summed E-state index contributed by atoms with van der Waals surface area (Å²) in [5.74, 6) is -1.32. The molecule has 0 aliphatic rings. The van der Waals surface area contributed by atoms with Crippen molar-refractivity contribution in [2.45, 2.75) is 0 Å². The fourth-order valence-electron chi connectivity index (χ4n) is 2.31. The molecule has 7 nitrogen and oxygen atoms in total. The van der Waals surface area contributed by atoms with Crippen molar-refractivity contribution in [3.8, 4) is 12.1 Å². The standard InChI is InChI=1S/C20H11N5O2/c21-12-14-2-6-16(7-3-14)18(26)25(20-23-10-1-11-24-20)19(27)17-8-4-15(13-22)5-9-17/h1-11H. The highest BCUT2D eigenvalue weighted by Gasteiger charge is 2.28. The minimum absolute atomic E-state index is 0.0683. The van der Waals surface area contributed by atoms with E-state index in [9.17, 15) is 9.59 Å². The molecule has 0 N–H and O–H groups in total. The van der Waals surface area contributed by atoms with Gasteiger partial charge in [0.15, 0.2) is 0 Å². The topological polar surface area (TPSA) is 111 Å². The van der Waals surface area contributed by atoms with Crippen LogP contribution in [0.3, 0.4) is 0 Å². The van der Waals surface area contributed by atoms with Crippen LogP contribution >= 0.6 is 0 Å². The Morgan fingerprint density at radius 1 is 0.741 bits per heavy atom. The van der Waals surface area contributed by atoms with Gasteiger partial charge in [-0.1, -0.05) is 0 Å². The number of amides is 2. The molecule has 128 valence electrons. The summed E-state index contributed by atoms with van der Waals surface area (Å²) in [5, 5.41) is 17.8. The third-order valence-corrected chi connectivity index (χ3v) is 3.68. The van der Waals surface area contributed by atoms with Crippen LogP contribution in [0, 0.1) is 22.7 Å². The van der Waals surface area contributed by atoms with Gasteiger partial charge in [-0.15, -0.1) is 0 Å². The Kier molecular flexibility index (Phi) is 4.97. The number of carbonyl (C=O) groups is 2. The predicted molar refractivity (Wildman–Crippen MR) is 95.5 cm³/mol. The second-order valence-electron chi connectivity index (χ2n) is 5.37. The fourth-order valence-corrected chi connectivity index (χ4v) is 2.31. The first kappa shape index (κ1) is 17.5. The van der Waals surface area contributed by atoms with Crippen LogP contribution in [0.5, 0.6) is 0 Å². The summed E-state index contributed by atoms with van der Waals surface area (Å²) in [6.45, 7) is 0. The first-order valence-electron chi connectivity index (χ1n) is 7.80. The monoisotopic (exact) mass is 353 g/mol. The number of hydrogen-bond acceptors (Lipinski definition) is 6. The molecular formula is C20H11N5O2. The Morgan fingerprint density at radius 2 is 1.15 bits per heavy atom. The lowest BCUT2D eigenvalue weighted by Gasteiger charge is -2.19. The summed E-state index contributed by atoms with van der Waals surface area (Å²) >= 11 is 0. The molecule has 0 bridgehead atoms. The lowest BCUT2D eigenvalue weighted by atomic mass is 10.1. The molecule has 0 saturated heterocycles. The summed E-state index contributed by atoms with van der Waals surface area (Å²) in [4.78, 5) is 34.8. The van der Waals surface area contributed by atoms with E-state index in [2.05, 4.69) is 9.97 Å². The molecule has 7 heteroatoms. The van der Waals surface area contributed by atoms with E-state index in [1.54, 1.807) is 6.07 Å². The molecule has 0 aliphatic heterocycles. The predicted octanol–water partition coefficient (Wildman–Crippen LogP) is 2.71. The quantitative estimate of drug-likeness (QED) is 0.669. The molecular weight excluding hydrogens is 342 g/mol. The maximum absolute atomic E-state index is 13.0. The number of carbonyl (C=O) groups excluding carboxylic acids is 2. The first-order chi connectivity index (χ1) is 13.1. The number of imide groups is 1. The van der Waals surface area contributed by atoms with E-state index >= 15 is 0 Å². The number of nitriles is 2. The van der Waals surface area contributed by atoms with Crippen molar-refractivity contribution < 1.29 is 9.59 Å². The number of anilines is 1. The van der Waals surface area contributed by atoms with Crippen molar-refractivity contribution in [2.75, 3.05) is 4.90 Å². The average molecular weight is 353 g/mol. The molecule has 1 heterocycles. The van der Waals surface area contributed by atoms with E-state index in [4.69, 9.17) is 10.5 Å². The number of hydrogen-bond donors (Lipinski definition) is 0. The lowest BCUT2D eigenvalue weighted by molar-refractivity contribution is 0.0895. The maximum Gasteiger partial charge on any atom is 0.267 e. The van der Waals surface area contributed by atoms with Crippen LogP contribution < -0.4 is 4.90 Å². The van der Waals surface area contributed by atoms with Crippen LogP contribution in [0.15, 0.2) is 67.0 Å². The maximum atomic E-state index is 13.0. The van der Waals surface area contributed by atoms with Gasteiger partial charge in [0.05, 0.1) is 23.3 Å². The molecule has 27 heavy (non-hydrogen) atoms. The van der Waals surface area contributed by atoms with Gasteiger partial charge in [0.2, 0.25) is 5.95 Å². The highest BCUT2D eigenvalue weighted by atomic mass is 16.2. The summed E-state index contributed by atoms with van der Waals surface area (Å²) in [6.07, 6.45) is 2.85. The molecule has 2 aromatic carbocycles. The van der Waals surface area contributed by atoms with Crippen LogP contribution in [0.1, 0.15) is 31.8 Å². The van der Waals surface area contributed by atoms with Crippen LogP contribution in [0.4, 0.5) is 5.95 Å². The van der Waals surface area contributed by atoms with Crippen molar-refractivity contribution in [1.82, 2.24) is 9.97 Å². The van der Waals surface area contributed by atoms with Gasteiger partial charge in [0, 0.05) is 23.5 Å². The summed E-state index contributed by atoms with van der Waals surface area (Å²) in [5.41, 5.74) is 1.21. The van der Waals surface area contributed by atoms with Gasteiger partial charge >= 0.3 is 0 Å². The van der Waals surface area contributed by atoms with Crippen molar-refractivity contribution in [1.29, 1.82) is 10.5 Å². The molecule has 0 aliphatic carbocycles. The molecule has 0 saturated carbocycles. The molecule has 3 aromatic rings. The van der Waals surface area contributed by atoms with E-state index < -0.39 is 11.8 Å². The van der Waals surface area contributed by atoms with Crippen LogP contribution in [0.2, 0.25) is 0 Å². The van der Waals surface area contributed by atoms with Crippen LogP contribution in [-0.4, -0.2) is 21.8 Å². The van der Waals surface area contributed by atoms with Crippen molar-refractivity contribution in [2.24, 2.45) is 0 Å². The Hall–Kier alpha value is -4.36. The van der Waals surface area contributed by atoms with Crippen LogP contribution in [0.25, 0.3) is 0 Å². The number of rotatable bonds is 3. The zero-order valence-electron chi connectivity index (χ0n) is 13.9. The minimum atomic E-state index is -0.625. The Balaban J connectivity index is 2.02. The normalized spacial score (nSPS) is 9.70. The van der Waals surface area contributed by atoms with E-state index in [1.807, 2.05) is 12.1 Å². The van der Waals surface area contributed by atoms with Gasteiger partial charge in [-0.05, 0) is 54.6 Å². The van der Waals surface area contributed by atoms with Gasteiger partial charge in [-0.3, -0.25) is 9.59 Å². The molecule has 0 fully saturated rings. The lowest BCUT2D eigenvalue weighted by Crippen LogP contribution is -2.38. The smallest absolute Gasteiger partial charge is 0.267 e. The van der Waals surface area contributed by atoms with Gasteiger partial charge in [-0.25, -0.2) is 14.9 Å². The van der Waals surface area contributed by atoms with Crippen molar-refractivity contribution in [3.63, 3.8) is 0 Å². The van der Waals surface area contributed by atoms with Crippen molar-refractivity contribution in [3.05, 3.63) is 89.2 Å². The molecule has 3 rings (SSSR count). The summed E-state index contributed by atoms with van der Waals surface area (Å²) in [6, 6.07) is 17.3. The van der Waals surface area contributed by atoms with E-state index in [-0.39, 0.29) is 17.1 Å². The first-order valence-corrected chi connectivity index (χ1v) is 7.80. The highest BCUT2D eigenvalue weighted by Crippen LogP contribution is 2.17. The van der Waals surface area contributed by atoms with Crippen molar-refractivity contribution >= 4 is 17.8 Å². The van der Waals surface area contributed by atoms with E-state index in [0.717, 1.165) is 4.90 Å². The van der Waals surface area contributed by atoms with Gasteiger partial charge in [-0.2, -0.15) is 10.5 Å². The zero-order valence-corrected chi connectivity index (χ0v) is 13.9. The van der Waals surface area contributed by atoms with E-state index in [1.165, 1.54) is 60.9 Å². The molecule has 0 radical (unpaired) electrons. The Morgan fingerprint density at radius 3 is 1.52 bits per heavy atom. The Bertz CT molecular complexity index is 993. The average Bonchev–Trinajstić information content (AvgIpc) is 2.74. The van der Waals surface area contributed by atoms with Gasteiger partial charge < -0.3 is 0 Å². The molecule has 1 aromatic heterocycles. The third kappa shape index (κ3) is 3.68. The van der Waals surface area contributed by atoms with Gasteiger partial charge in [0.25, 0.3) is 11.8 Å². The molecule has 0 spiro atoms. The number of benzene rings is 2. The molecule has 0 unspecified atom stereocenters. The second-order valence-corrected chi connectivity index (χ2v) is 5.37. The fraction of sp³-hybridized carbons (Fsp3) is 0. The summed E-state index contributed by atoms with van der Waals surface area (Å²) in [7, 11) is 0. The summed E-state index contributed by atoms with van der Waals surface area (Å²) < 4.78 is 0. The largest absolute Gasteiger partial charge is 0.268 e. The highest BCUT2D eigenvalue weighted by molar-refractivity contribution is 6.24. The minimum Gasteiger partial charge on any atom is -0.268 e.